The first kappa shape index (κ1) is 21.3. The summed E-state index contributed by atoms with van der Waals surface area (Å²) >= 11 is 0. The van der Waals surface area contributed by atoms with Crippen LogP contribution in [-0.4, -0.2) is 19.0 Å². The fourth-order valence-corrected chi connectivity index (χ4v) is 2.78. The van der Waals surface area contributed by atoms with Gasteiger partial charge in [-0.3, -0.25) is 4.79 Å². The number of nitriles is 1. The van der Waals surface area contributed by atoms with E-state index in [-0.39, 0.29) is 5.57 Å². The van der Waals surface area contributed by atoms with Gasteiger partial charge in [-0.2, -0.15) is 5.26 Å². The Morgan fingerprint density at radius 3 is 2.39 bits per heavy atom. The second-order valence-corrected chi connectivity index (χ2v) is 6.63. The molecule has 31 heavy (non-hydrogen) atoms. The number of rotatable bonds is 6. The molecule has 3 aromatic rings. The van der Waals surface area contributed by atoms with E-state index in [4.69, 9.17) is 9.47 Å². The number of anilines is 1. The van der Waals surface area contributed by atoms with Crippen molar-refractivity contribution in [3.8, 4) is 17.6 Å². The first-order valence-electron chi connectivity index (χ1n) is 9.45. The number of amides is 1. The first-order valence-corrected chi connectivity index (χ1v) is 9.45. The van der Waals surface area contributed by atoms with Crippen LogP contribution in [0, 0.1) is 18.3 Å². The Labute approximate surface area is 180 Å². The van der Waals surface area contributed by atoms with Crippen LogP contribution < -0.4 is 14.8 Å². The third kappa shape index (κ3) is 5.58. The van der Waals surface area contributed by atoms with Crippen molar-refractivity contribution in [3.05, 3.63) is 95.1 Å². The summed E-state index contributed by atoms with van der Waals surface area (Å²) in [6.45, 7) is 1.87. The second kappa shape index (κ2) is 9.90. The fraction of sp³-hybridized carbons (Fsp3) is 0.0800. The minimum Gasteiger partial charge on any atom is -0.497 e. The molecule has 0 atom stereocenters. The molecule has 0 bridgehead atoms. The number of nitrogens with one attached hydrogen (secondary N) is 1. The highest BCUT2D eigenvalue weighted by atomic mass is 16.5. The van der Waals surface area contributed by atoms with Crippen molar-refractivity contribution >= 4 is 23.6 Å². The van der Waals surface area contributed by atoms with Crippen molar-refractivity contribution in [2.75, 3.05) is 12.4 Å². The lowest BCUT2D eigenvalue weighted by atomic mass is 10.1. The predicted octanol–water partition coefficient (Wildman–Crippen LogP) is 4.77. The molecule has 0 aliphatic heterocycles. The molecule has 0 saturated heterocycles. The van der Waals surface area contributed by atoms with E-state index >= 15 is 0 Å². The van der Waals surface area contributed by atoms with E-state index in [2.05, 4.69) is 5.32 Å². The molecule has 0 heterocycles. The van der Waals surface area contributed by atoms with Gasteiger partial charge in [0.2, 0.25) is 0 Å². The summed E-state index contributed by atoms with van der Waals surface area (Å²) in [5.41, 5.74) is 2.38. The van der Waals surface area contributed by atoms with E-state index in [1.807, 2.05) is 25.1 Å². The number of para-hydroxylation sites is 1. The van der Waals surface area contributed by atoms with Gasteiger partial charge in [-0.25, -0.2) is 4.79 Å². The van der Waals surface area contributed by atoms with E-state index < -0.39 is 11.9 Å². The zero-order valence-electron chi connectivity index (χ0n) is 17.1. The number of hydrogen-bond acceptors (Lipinski definition) is 5. The molecular formula is C25H20N2O4. The van der Waals surface area contributed by atoms with Gasteiger partial charge in [0.1, 0.15) is 23.1 Å². The third-order valence-electron chi connectivity index (χ3n) is 4.46. The predicted molar refractivity (Wildman–Crippen MR) is 118 cm³/mol. The number of benzene rings is 3. The lowest BCUT2D eigenvalue weighted by Crippen LogP contribution is -2.14. The summed E-state index contributed by atoms with van der Waals surface area (Å²) in [6, 6.07) is 22.4. The van der Waals surface area contributed by atoms with Crippen LogP contribution in [0.2, 0.25) is 0 Å². The van der Waals surface area contributed by atoms with Crippen molar-refractivity contribution < 1.29 is 19.1 Å². The minimum atomic E-state index is -0.526. The van der Waals surface area contributed by atoms with E-state index in [0.717, 1.165) is 5.56 Å². The highest BCUT2D eigenvalue weighted by molar-refractivity contribution is 6.10. The molecule has 0 unspecified atom stereocenters. The lowest BCUT2D eigenvalue weighted by molar-refractivity contribution is -0.112. The first-order chi connectivity index (χ1) is 15.0. The Morgan fingerprint density at radius 1 is 0.968 bits per heavy atom. The Hall–Kier alpha value is -4.37. The smallest absolute Gasteiger partial charge is 0.343 e. The maximum absolute atomic E-state index is 12.5. The summed E-state index contributed by atoms with van der Waals surface area (Å²) in [7, 11) is 1.54. The van der Waals surface area contributed by atoms with Crippen molar-refractivity contribution in [3.63, 3.8) is 0 Å². The van der Waals surface area contributed by atoms with Gasteiger partial charge in [0.15, 0.2) is 0 Å². The molecule has 3 aromatic carbocycles. The standard InChI is InChI=1S/C25H20N2O4/c1-17-6-3-4-9-23(17)27-24(28)20(16-26)14-18-7-5-8-22(15-18)31-25(29)19-10-12-21(30-2)13-11-19/h3-15H,1-2H3,(H,27,28). The van der Waals surface area contributed by atoms with Gasteiger partial charge in [0.05, 0.1) is 12.7 Å². The van der Waals surface area contributed by atoms with Crippen LogP contribution in [0.4, 0.5) is 5.69 Å². The quantitative estimate of drug-likeness (QED) is 0.273. The van der Waals surface area contributed by atoms with Gasteiger partial charge in [0, 0.05) is 5.69 Å². The Morgan fingerprint density at radius 2 is 1.71 bits per heavy atom. The summed E-state index contributed by atoms with van der Waals surface area (Å²) < 4.78 is 10.5. The SMILES string of the molecule is COc1ccc(C(=O)Oc2cccc(C=C(C#N)C(=O)Nc3ccccc3C)c2)cc1. The van der Waals surface area contributed by atoms with Crippen LogP contribution >= 0.6 is 0 Å². The number of hydrogen-bond donors (Lipinski definition) is 1. The van der Waals surface area contributed by atoms with Gasteiger partial charge < -0.3 is 14.8 Å². The lowest BCUT2D eigenvalue weighted by Gasteiger charge is -2.08. The molecule has 0 saturated carbocycles. The molecular weight excluding hydrogens is 392 g/mol. The normalized spacial score (nSPS) is 10.7. The number of methoxy groups -OCH3 is 1. The Balaban J connectivity index is 1.75. The number of esters is 1. The molecule has 3 rings (SSSR count). The van der Waals surface area contributed by atoms with E-state index in [1.165, 1.54) is 6.08 Å². The molecule has 154 valence electrons. The van der Waals surface area contributed by atoms with Crippen molar-refractivity contribution in [2.24, 2.45) is 0 Å². The topological polar surface area (TPSA) is 88.4 Å². The zero-order chi connectivity index (χ0) is 22.2. The zero-order valence-corrected chi connectivity index (χ0v) is 17.1. The second-order valence-electron chi connectivity index (χ2n) is 6.63. The van der Waals surface area contributed by atoms with Crippen molar-refractivity contribution in [1.82, 2.24) is 0 Å². The highest BCUT2D eigenvalue weighted by Gasteiger charge is 2.12. The molecule has 0 aromatic heterocycles. The molecule has 1 amide bonds. The molecule has 6 nitrogen and oxygen atoms in total. The molecule has 6 heteroatoms. The van der Waals surface area contributed by atoms with Gasteiger partial charge in [0.25, 0.3) is 5.91 Å². The van der Waals surface area contributed by atoms with Gasteiger partial charge >= 0.3 is 5.97 Å². The van der Waals surface area contributed by atoms with E-state index in [1.54, 1.807) is 67.8 Å². The number of nitrogens with zero attached hydrogens (tertiary/aromatic N) is 1. The number of ether oxygens (including phenoxy) is 2. The van der Waals surface area contributed by atoms with Gasteiger partial charge in [-0.1, -0.05) is 30.3 Å². The third-order valence-corrected chi connectivity index (χ3v) is 4.46. The fourth-order valence-electron chi connectivity index (χ4n) is 2.78. The molecule has 0 spiro atoms. The van der Waals surface area contributed by atoms with Crippen LogP contribution in [0.15, 0.2) is 78.4 Å². The largest absolute Gasteiger partial charge is 0.497 e. The van der Waals surface area contributed by atoms with E-state index in [0.29, 0.717) is 28.3 Å². The van der Waals surface area contributed by atoms with Crippen LogP contribution in [0.5, 0.6) is 11.5 Å². The molecule has 0 radical (unpaired) electrons. The molecule has 0 fully saturated rings. The molecule has 1 N–H and O–H groups in total. The molecule has 0 aliphatic rings. The van der Waals surface area contributed by atoms with Crippen LogP contribution in [-0.2, 0) is 4.79 Å². The maximum atomic E-state index is 12.5. The van der Waals surface area contributed by atoms with Crippen molar-refractivity contribution in [1.29, 1.82) is 5.26 Å². The maximum Gasteiger partial charge on any atom is 0.343 e. The van der Waals surface area contributed by atoms with Crippen LogP contribution in [0.25, 0.3) is 6.08 Å². The molecule has 0 aliphatic carbocycles. The average Bonchev–Trinajstić information content (AvgIpc) is 2.79. The number of carbonyl (C=O) groups is 2. The number of carbonyl (C=O) groups excluding carboxylic acids is 2. The average molecular weight is 412 g/mol. The Bertz CT molecular complexity index is 1170. The van der Waals surface area contributed by atoms with Crippen LogP contribution in [0.3, 0.4) is 0 Å². The van der Waals surface area contributed by atoms with Gasteiger partial charge in [-0.05, 0) is 66.6 Å². The Kier molecular flexibility index (Phi) is 6.82. The number of aryl methyl sites for hydroxylation is 1. The summed E-state index contributed by atoms with van der Waals surface area (Å²) in [5, 5.41) is 12.2. The highest BCUT2D eigenvalue weighted by Crippen LogP contribution is 2.20. The van der Waals surface area contributed by atoms with E-state index in [9.17, 15) is 14.9 Å². The summed E-state index contributed by atoms with van der Waals surface area (Å²) in [6.07, 6.45) is 1.44. The van der Waals surface area contributed by atoms with Gasteiger partial charge in [-0.15, -0.1) is 0 Å². The van der Waals surface area contributed by atoms with Crippen LogP contribution in [0.1, 0.15) is 21.5 Å². The summed E-state index contributed by atoms with van der Waals surface area (Å²) in [5.74, 6) is -0.109. The summed E-state index contributed by atoms with van der Waals surface area (Å²) in [4.78, 5) is 24.9. The van der Waals surface area contributed by atoms with Crippen molar-refractivity contribution in [2.45, 2.75) is 6.92 Å². The monoisotopic (exact) mass is 412 g/mol. The minimum absolute atomic E-state index is 0.0677.